The summed E-state index contributed by atoms with van der Waals surface area (Å²) in [6, 6.07) is 9.11. The van der Waals surface area contributed by atoms with Crippen LogP contribution < -0.4 is 0 Å². The van der Waals surface area contributed by atoms with E-state index in [0.29, 0.717) is 17.7 Å². The van der Waals surface area contributed by atoms with Gasteiger partial charge < -0.3 is 5.11 Å². The Balaban J connectivity index is 2.33. The molecular formula is C13H16O2S. The largest absolute Gasteiger partial charge is 0.392 e. The fraction of sp³-hybridized carbons (Fsp3) is 0.308. The number of carbonyl (C=O) groups is 1. The Kier molecular flexibility index (Phi) is 5.90. The van der Waals surface area contributed by atoms with Gasteiger partial charge in [0.15, 0.2) is 0 Å². The maximum absolute atomic E-state index is 11.7. The van der Waals surface area contributed by atoms with Gasteiger partial charge in [0, 0.05) is 11.3 Å². The monoisotopic (exact) mass is 236 g/mol. The number of thioether (sulfide) groups is 1. The van der Waals surface area contributed by atoms with Crippen LogP contribution in [0, 0.1) is 0 Å². The zero-order chi connectivity index (χ0) is 11.8. The van der Waals surface area contributed by atoms with Gasteiger partial charge in [-0.3, -0.25) is 4.79 Å². The van der Waals surface area contributed by atoms with Crippen molar-refractivity contribution in [1.29, 1.82) is 0 Å². The number of hydrogen-bond donors (Lipinski definition) is 1. The van der Waals surface area contributed by atoms with Gasteiger partial charge in [-0.05, 0) is 12.8 Å². The Hall–Kier alpha value is -1.06. The molecule has 0 saturated carbocycles. The van der Waals surface area contributed by atoms with E-state index in [-0.39, 0.29) is 5.12 Å². The topological polar surface area (TPSA) is 37.3 Å². The highest BCUT2D eigenvalue weighted by Gasteiger charge is 2.09. The van der Waals surface area contributed by atoms with Gasteiger partial charge in [-0.25, -0.2) is 0 Å². The number of aliphatic hydroxyl groups is 1. The smallest absolute Gasteiger partial charge is 0.219 e. The second-order valence-corrected chi connectivity index (χ2v) is 4.48. The van der Waals surface area contributed by atoms with E-state index in [0.717, 1.165) is 18.2 Å². The van der Waals surface area contributed by atoms with E-state index < -0.39 is 6.10 Å². The SMILES string of the molecule is C=CCCC(O)CSC(=O)c1ccccc1. The summed E-state index contributed by atoms with van der Waals surface area (Å²) in [5.41, 5.74) is 0.684. The van der Waals surface area contributed by atoms with Gasteiger partial charge in [0.25, 0.3) is 0 Å². The second-order valence-electron chi connectivity index (χ2n) is 3.48. The van der Waals surface area contributed by atoms with Crippen molar-refractivity contribution in [2.24, 2.45) is 0 Å². The van der Waals surface area contributed by atoms with Crippen LogP contribution in [0.1, 0.15) is 23.2 Å². The van der Waals surface area contributed by atoms with Gasteiger partial charge in [-0.2, -0.15) is 0 Å². The molecule has 1 aromatic carbocycles. The van der Waals surface area contributed by atoms with Crippen molar-refractivity contribution in [3.05, 3.63) is 48.6 Å². The van der Waals surface area contributed by atoms with Crippen LogP contribution in [0.3, 0.4) is 0 Å². The fourth-order valence-electron chi connectivity index (χ4n) is 1.22. The van der Waals surface area contributed by atoms with Gasteiger partial charge in [0.2, 0.25) is 5.12 Å². The normalized spacial score (nSPS) is 12.1. The third-order valence-corrected chi connectivity index (χ3v) is 3.17. The molecule has 1 unspecified atom stereocenters. The summed E-state index contributed by atoms with van der Waals surface area (Å²) in [6.45, 7) is 3.59. The maximum Gasteiger partial charge on any atom is 0.219 e. The third-order valence-electron chi connectivity index (χ3n) is 2.12. The molecule has 2 nitrogen and oxygen atoms in total. The molecule has 0 heterocycles. The number of carbonyl (C=O) groups excluding carboxylic acids is 1. The first-order valence-corrected chi connectivity index (χ1v) is 6.23. The molecule has 1 aromatic rings. The van der Waals surface area contributed by atoms with Crippen molar-refractivity contribution < 1.29 is 9.90 Å². The first kappa shape index (κ1) is 13.0. The predicted molar refractivity (Wildman–Crippen MR) is 68.7 cm³/mol. The standard InChI is InChI=1S/C13H16O2S/c1-2-3-9-12(14)10-16-13(15)11-7-5-4-6-8-11/h2,4-8,12,14H,1,3,9-10H2. The Morgan fingerprint density at radius 2 is 2.12 bits per heavy atom. The van der Waals surface area contributed by atoms with E-state index in [2.05, 4.69) is 6.58 Å². The summed E-state index contributed by atoms with van der Waals surface area (Å²) in [5.74, 6) is 0.446. The van der Waals surface area contributed by atoms with Gasteiger partial charge in [-0.15, -0.1) is 6.58 Å². The minimum absolute atomic E-state index is 0.0123. The van der Waals surface area contributed by atoms with E-state index in [1.165, 1.54) is 0 Å². The third kappa shape index (κ3) is 4.64. The molecular weight excluding hydrogens is 220 g/mol. The molecule has 1 rings (SSSR count). The van der Waals surface area contributed by atoms with Gasteiger partial charge in [0.1, 0.15) is 0 Å². The lowest BCUT2D eigenvalue weighted by molar-refractivity contribution is 0.108. The van der Waals surface area contributed by atoms with Crippen LogP contribution in [-0.4, -0.2) is 22.1 Å². The lowest BCUT2D eigenvalue weighted by atomic mass is 10.2. The van der Waals surface area contributed by atoms with Crippen molar-refractivity contribution in [3.63, 3.8) is 0 Å². The summed E-state index contributed by atoms with van der Waals surface area (Å²) < 4.78 is 0. The van der Waals surface area contributed by atoms with Crippen LogP contribution in [0.4, 0.5) is 0 Å². The quantitative estimate of drug-likeness (QED) is 0.772. The molecule has 1 atom stereocenters. The molecule has 0 aliphatic rings. The van der Waals surface area contributed by atoms with Crippen LogP contribution in [0.25, 0.3) is 0 Å². The molecule has 16 heavy (non-hydrogen) atoms. The highest BCUT2D eigenvalue weighted by Crippen LogP contribution is 2.14. The highest BCUT2D eigenvalue weighted by molar-refractivity contribution is 8.14. The molecule has 0 aromatic heterocycles. The minimum Gasteiger partial charge on any atom is -0.392 e. The summed E-state index contributed by atoms with van der Waals surface area (Å²) in [7, 11) is 0. The van der Waals surface area contributed by atoms with Crippen LogP contribution >= 0.6 is 11.8 Å². The second kappa shape index (κ2) is 7.25. The molecule has 0 spiro atoms. The van der Waals surface area contributed by atoms with Crippen molar-refractivity contribution in [2.45, 2.75) is 18.9 Å². The zero-order valence-corrected chi connectivity index (χ0v) is 9.95. The first-order chi connectivity index (χ1) is 7.74. The van der Waals surface area contributed by atoms with Crippen molar-refractivity contribution >= 4 is 16.9 Å². The van der Waals surface area contributed by atoms with Crippen molar-refractivity contribution in [3.8, 4) is 0 Å². The molecule has 0 bridgehead atoms. The molecule has 0 saturated heterocycles. The Morgan fingerprint density at radius 3 is 2.75 bits per heavy atom. The van der Waals surface area contributed by atoms with Crippen molar-refractivity contribution in [1.82, 2.24) is 0 Å². The Morgan fingerprint density at radius 1 is 1.44 bits per heavy atom. The zero-order valence-electron chi connectivity index (χ0n) is 9.13. The Bertz CT molecular complexity index is 335. The molecule has 0 aliphatic carbocycles. The summed E-state index contributed by atoms with van der Waals surface area (Å²) >= 11 is 1.16. The lowest BCUT2D eigenvalue weighted by Crippen LogP contribution is -2.11. The van der Waals surface area contributed by atoms with E-state index in [1.807, 2.05) is 18.2 Å². The number of rotatable bonds is 6. The molecule has 3 heteroatoms. The average molecular weight is 236 g/mol. The first-order valence-electron chi connectivity index (χ1n) is 5.25. The van der Waals surface area contributed by atoms with Crippen LogP contribution in [0.15, 0.2) is 43.0 Å². The minimum atomic E-state index is -0.435. The number of aliphatic hydroxyl groups excluding tert-OH is 1. The lowest BCUT2D eigenvalue weighted by Gasteiger charge is -2.07. The van der Waals surface area contributed by atoms with Crippen molar-refractivity contribution in [2.75, 3.05) is 5.75 Å². The number of benzene rings is 1. The summed E-state index contributed by atoms with van der Waals surface area (Å²) in [6.07, 6.45) is 2.78. The van der Waals surface area contributed by atoms with Crippen LogP contribution in [-0.2, 0) is 0 Å². The maximum atomic E-state index is 11.7. The van der Waals surface area contributed by atoms with Crippen LogP contribution in [0.5, 0.6) is 0 Å². The molecule has 86 valence electrons. The summed E-state index contributed by atoms with van der Waals surface area (Å²) in [5, 5.41) is 9.57. The summed E-state index contributed by atoms with van der Waals surface area (Å²) in [4.78, 5) is 11.7. The van der Waals surface area contributed by atoms with E-state index in [1.54, 1.807) is 18.2 Å². The number of allylic oxidation sites excluding steroid dienone is 1. The van der Waals surface area contributed by atoms with E-state index in [9.17, 15) is 9.90 Å². The van der Waals surface area contributed by atoms with Crippen LogP contribution in [0.2, 0.25) is 0 Å². The van der Waals surface area contributed by atoms with Gasteiger partial charge >= 0.3 is 0 Å². The highest BCUT2D eigenvalue weighted by atomic mass is 32.2. The fourth-order valence-corrected chi connectivity index (χ4v) is 2.04. The average Bonchev–Trinajstić information content (AvgIpc) is 2.34. The molecule has 0 amide bonds. The Labute approximate surface area is 100 Å². The molecule has 0 aliphatic heterocycles. The van der Waals surface area contributed by atoms with E-state index >= 15 is 0 Å². The molecule has 0 radical (unpaired) electrons. The number of hydrogen-bond acceptors (Lipinski definition) is 3. The predicted octanol–water partition coefficient (Wildman–Crippen LogP) is 2.89. The van der Waals surface area contributed by atoms with Gasteiger partial charge in [-0.1, -0.05) is 48.2 Å². The van der Waals surface area contributed by atoms with E-state index in [4.69, 9.17) is 0 Å². The van der Waals surface area contributed by atoms with Gasteiger partial charge in [0.05, 0.1) is 6.10 Å². The molecule has 1 N–H and O–H groups in total. The molecule has 0 fully saturated rings.